The van der Waals surface area contributed by atoms with Crippen LogP contribution in [-0.2, 0) is 0 Å². The first-order valence-corrected chi connectivity index (χ1v) is 4.82. The summed E-state index contributed by atoms with van der Waals surface area (Å²) in [6.45, 7) is 0.527. The maximum absolute atomic E-state index is 6.09. The normalized spacial score (nSPS) is 11.6. The van der Waals surface area contributed by atoms with Crippen molar-refractivity contribution in [3.8, 4) is 0 Å². The lowest BCUT2D eigenvalue weighted by Crippen LogP contribution is -1.92. The average Bonchev–Trinajstić information content (AvgIpc) is 2.61. The van der Waals surface area contributed by atoms with E-state index in [2.05, 4.69) is 4.98 Å². The zero-order valence-electron chi connectivity index (χ0n) is 7.63. The topological polar surface area (TPSA) is 41.8 Å². The van der Waals surface area contributed by atoms with Gasteiger partial charge in [-0.1, -0.05) is 23.8 Å². The number of aromatic nitrogens is 1. The smallest absolute Gasteiger partial charge is 0.0485 e. The fourth-order valence-corrected chi connectivity index (χ4v) is 1.65. The van der Waals surface area contributed by atoms with Crippen LogP contribution < -0.4 is 5.73 Å². The highest BCUT2D eigenvalue weighted by Crippen LogP contribution is 2.24. The molecule has 0 saturated heterocycles. The Morgan fingerprint density at radius 2 is 2.29 bits per heavy atom. The van der Waals surface area contributed by atoms with Gasteiger partial charge in [0, 0.05) is 28.7 Å². The van der Waals surface area contributed by atoms with Gasteiger partial charge in [-0.3, -0.25) is 0 Å². The number of fused-ring (bicyclic) bond motifs is 1. The molecule has 0 radical (unpaired) electrons. The van der Waals surface area contributed by atoms with E-state index >= 15 is 0 Å². The minimum atomic E-state index is 0.527. The number of hydrogen-bond donors (Lipinski definition) is 2. The zero-order chi connectivity index (χ0) is 9.97. The van der Waals surface area contributed by atoms with E-state index in [0.29, 0.717) is 6.54 Å². The van der Waals surface area contributed by atoms with Crippen molar-refractivity contribution in [1.82, 2.24) is 4.98 Å². The molecule has 1 aromatic carbocycles. The predicted octanol–water partition coefficient (Wildman–Crippen LogP) is 2.79. The zero-order valence-corrected chi connectivity index (χ0v) is 8.38. The van der Waals surface area contributed by atoms with Crippen molar-refractivity contribution in [2.24, 2.45) is 5.73 Å². The Morgan fingerprint density at radius 3 is 3.07 bits per heavy atom. The number of benzene rings is 1. The molecule has 0 saturated carbocycles. The maximum atomic E-state index is 6.09. The summed E-state index contributed by atoms with van der Waals surface area (Å²) in [6, 6.07) is 5.96. The van der Waals surface area contributed by atoms with Gasteiger partial charge in [-0.25, -0.2) is 0 Å². The lowest BCUT2D eigenvalue weighted by atomic mass is 10.1. The van der Waals surface area contributed by atoms with Crippen molar-refractivity contribution in [3.63, 3.8) is 0 Å². The lowest BCUT2D eigenvalue weighted by molar-refractivity contribution is 1.26. The number of aromatic amines is 1. The van der Waals surface area contributed by atoms with Crippen molar-refractivity contribution in [2.45, 2.75) is 0 Å². The quantitative estimate of drug-likeness (QED) is 0.780. The third kappa shape index (κ3) is 1.67. The molecule has 3 heteroatoms. The summed E-state index contributed by atoms with van der Waals surface area (Å²) in [6.07, 6.45) is 5.72. The monoisotopic (exact) mass is 206 g/mol. The van der Waals surface area contributed by atoms with Gasteiger partial charge in [0.25, 0.3) is 0 Å². The van der Waals surface area contributed by atoms with Crippen molar-refractivity contribution < 1.29 is 0 Å². The van der Waals surface area contributed by atoms with Gasteiger partial charge in [-0.2, -0.15) is 0 Å². The molecule has 2 aromatic rings. The number of nitrogens with one attached hydrogen (secondary N) is 1. The molecule has 2 nitrogen and oxygen atoms in total. The van der Waals surface area contributed by atoms with Gasteiger partial charge in [0.1, 0.15) is 0 Å². The lowest BCUT2D eigenvalue weighted by Gasteiger charge is -1.98. The first-order chi connectivity index (χ1) is 6.81. The highest BCUT2D eigenvalue weighted by Gasteiger charge is 2.00. The second kappa shape index (κ2) is 3.86. The second-order valence-electron chi connectivity index (χ2n) is 3.08. The van der Waals surface area contributed by atoms with Crippen LogP contribution in [0.4, 0.5) is 0 Å². The molecule has 0 aliphatic heterocycles. The fourth-order valence-electron chi connectivity index (χ4n) is 1.41. The van der Waals surface area contributed by atoms with Crippen LogP contribution in [0.5, 0.6) is 0 Å². The highest BCUT2D eigenvalue weighted by atomic mass is 35.5. The van der Waals surface area contributed by atoms with Crippen LogP contribution in [0.2, 0.25) is 5.02 Å². The third-order valence-corrected chi connectivity index (χ3v) is 2.43. The van der Waals surface area contributed by atoms with Crippen molar-refractivity contribution >= 4 is 28.6 Å². The van der Waals surface area contributed by atoms with Gasteiger partial charge in [0.2, 0.25) is 0 Å². The Balaban J connectivity index is 2.53. The fraction of sp³-hybridized carbons (Fsp3) is 0.0909. The molecule has 0 unspecified atom stereocenters. The number of H-pyrrole nitrogens is 1. The number of rotatable bonds is 2. The van der Waals surface area contributed by atoms with Crippen LogP contribution in [-0.4, -0.2) is 11.5 Å². The molecule has 0 aliphatic carbocycles. The summed E-state index contributed by atoms with van der Waals surface area (Å²) < 4.78 is 0. The van der Waals surface area contributed by atoms with E-state index in [1.54, 1.807) is 0 Å². The van der Waals surface area contributed by atoms with E-state index in [1.807, 2.05) is 36.5 Å². The van der Waals surface area contributed by atoms with E-state index in [0.717, 1.165) is 21.5 Å². The van der Waals surface area contributed by atoms with E-state index in [9.17, 15) is 0 Å². The standard InChI is InChI=1S/C11H11ClN2/c12-10-6-9-3-5-14-11(9)7-8(10)2-1-4-13/h1-3,5-7,14H,4,13H2/b2-1+. The summed E-state index contributed by atoms with van der Waals surface area (Å²) in [5.41, 5.74) is 7.46. The summed E-state index contributed by atoms with van der Waals surface area (Å²) in [5, 5.41) is 1.88. The van der Waals surface area contributed by atoms with Crippen LogP contribution in [0.3, 0.4) is 0 Å². The predicted molar refractivity (Wildman–Crippen MR) is 61.4 cm³/mol. The Morgan fingerprint density at radius 1 is 1.43 bits per heavy atom. The molecule has 1 heterocycles. The highest BCUT2D eigenvalue weighted by molar-refractivity contribution is 6.32. The van der Waals surface area contributed by atoms with E-state index in [4.69, 9.17) is 17.3 Å². The van der Waals surface area contributed by atoms with E-state index < -0.39 is 0 Å². The number of hydrogen-bond acceptors (Lipinski definition) is 1. The Hall–Kier alpha value is -1.25. The Labute approximate surface area is 87.4 Å². The average molecular weight is 207 g/mol. The van der Waals surface area contributed by atoms with Crippen molar-refractivity contribution in [3.05, 3.63) is 41.1 Å². The molecular formula is C11H11ClN2. The molecule has 3 N–H and O–H groups in total. The molecular weight excluding hydrogens is 196 g/mol. The minimum Gasteiger partial charge on any atom is -0.361 e. The molecule has 0 aliphatic rings. The maximum Gasteiger partial charge on any atom is 0.0485 e. The molecule has 0 spiro atoms. The SMILES string of the molecule is NC/C=C/c1cc2[nH]ccc2cc1Cl. The molecule has 1 aromatic heterocycles. The summed E-state index contributed by atoms with van der Waals surface area (Å²) in [4.78, 5) is 3.14. The van der Waals surface area contributed by atoms with Gasteiger partial charge in [-0.15, -0.1) is 0 Å². The second-order valence-corrected chi connectivity index (χ2v) is 3.48. The summed E-state index contributed by atoms with van der Waals surface area (Å²) in [5.74, 6) is 0. The number of halogens is 1. The van der Waals surface area contributed by atoms with Crippen LogP contribution in [0.25, 0.3) is 17.0 Å². The molecule has 72 valence electrons. The largest absolute Gasteiger partial charge is 0.361 e. The minimum absolute atomic E-state index is 0.527. The van der Waals surface area contributed by atoms with Gasteiger partial charge < -0.3 is 10.7 Å². The van der Waals surface area contributed by atoms with Crippen LogP contribution in [0, 0.1) is 0 Å². The molecule has 0 bridgehead atoms. The Bertz CT molecular complexity index is 471. The molecule has 0 fully saturated rings. The van der Waals surface area contributed by atoms with Crippen molar-refractivity contribution in [1.29, 1.82) is 0 Å². The molecule has 0 amide bonds. The van der Waals surface area contributed by atoms with Crippen molar-refractivity contribution in [2.75, 3.05) is 6.54 Å². The molecule has 0 atom stereocenters. The first-order valence-electron chi connectivity index (χ1n) is 4.44. The van der Waals surface area contributed by atoms with Gasteiger partial charge in [0.05, 0.1) is 0 Å². The van der Waals surface area contributed by atoms with Gasteiger partial charge >= 0.3 is 0 Å². The Kier molecular flexibility index (Phi) is 2.57. The third-order valence-electron chi connectivity index (χ3n) is 2.10. The summed E-state index contributed by atoms with van der Waals surface area (Å²) in [7, 11) is 0. The van der Waals surface area contributed by atoms with Crippen LogP contribution in [0.15, 0.2) is 30.5 Å². The van der Waals surface area contributed by atoms with Crippen LogP contribution >= 0.6 is 11.6 Å². The van der Waals surface area contributed by atoms with Gasteiger partial charge in [0.15, 0.2) is 0 Å². The van der Waals surface area contributed by atoms with Crippen LogP contribution in [0.1, 0.15) is 5.56 Å². The van der Waals surface area contributed by atoms with Gasteiger partial charge in [-0.05, 0) is 23.8 Å². The first kappa shape index (κ1) is 9.31. The molecule has 2 rings (SSSR count). The number of nitrogens with two attached hydrogens (primary N) is 1. The van der Waals surface area contributed by atoms with E-state index in [-0.39, 0.29) is 0 Å². The summed E-state index contributed by atoms with van der Waals surface area (Å²) >= 11 is 6.09. The van der Waals surface area contributed by atoms with E-state index in [1.165, 1.54) is 0 Å². The molecule has 14 heavy (non-hydrogen) atoms.